The van der Waals surface area contributed by atoms with Crippen LogP contribution in [-0.2, 0) is 11.3 Å². The van der Waals surface area contributed by atoms with Crippen LogP contribution in [0.3, 0.4) is 0 Å². The zero-order valence-electron chi connectivity index (χ0n) is 14.3. The molecule has 1 saturated carbocycles. The molecule has 1 heterocycles. The molecule has 2 rings (SSSR count). The van der Waals surface area contributed by atoms with Crippen LogP contribution >= 0.6 is 0 Å². The number of aromatic nitrogens is 2. The summed E-state index contributed by atoms with van der Waals surface area (Å²) in [6.07, 6.45) is 6.02. The Labute approximate surface area is 138 Å². The van der Waals surface area contributed by atoms with Crippen molar-refractivity contribution in [3.05, 3.63) is 24.0 Å². The molecule has 1 aliphatic carbocycles. The van der Waals surface area contributed by atoms with Gasteiger partial charge in [0.25, 0.3) is 0 Å². The van der Waals surface area contributed by atoms with Crippen LogP contribution in [0.4, 0.5) is 4.79 Å². The normalized spacial score (nSPS) is 21.7. The number of nitrogens with one attached hydrogen (secondary N) is 2. The van der Waals surface area contributed by atoms with Gasteiger partial charge in [0.15, 0.2) is 0 Å². The summed E-state index contributed by atoms with van der Waals surface area (Å²) in [6.45, 7) is 6.98. The van der Waals surface area contributed by atoms with Crippen molar-refractivity contribution in [2.45, 2.75) is 64.6 Å². The molecule has 1 fully saturated rings. The first-order valence-corrected chi connectivity index (χ1v) is 8.41. The summed E-state index contributed by atoms with van der Waals surface area (Å²) in [5.41, 5.74) is 0.484. The van der Waals surface area contributed by atoms with Gasteiger partial charge in [0, 0.05) is 25.3 Å². The lowest BCUT2D eigenvalue weighted by Crippen LogP contribution is -2.44. The van der Waals surface area contributed by atoms with Gasteiger partial charge in [0.05, 0.1) is 5.69 Å². The molecule has 0 aromatic carbocycles. The second kappa shape index (κ2) is 8.24. The molecule has 1 aliphatic rings. The predicted molar refractivity (Wildman–Crippen MR) is 88.9 cm³/mol. The standard InChI is InChI=1S/C17H28N4O2/c1-17(2,3)23-16(22)19-11-13-7-4-5-9-15(13)18-12-14-8-6-10-20-21-14/h6,8,10,13,15,18H,4-5,7,9,11-12H2,1-3H3,(H,19,22). The van der Waals surface area contributed by atoms with Gasteiger partial charge >= 0.3 is 6.09 Å². The number of rotatable bonds is 5. The molecule has 0 radical (unpaired) electrons. The fraction of sp³-hybridized carbons (Fsp3) is 0.706. The largest absolute Gasteiger partial charge is 0.444 e. The fourth-order valence-electron chi connectivity index (χ4n) is 2.91. The fourth-order valence-corrected chi connectivity index (χ4v) is 2.91. The molecule has 1 aromatic rings. The summed E-state index contributed by atoms with van der Waals surface area (Å²) in [4.78, 5) is 11.8. The minimum Gasteiger partial charge on any atom is -0.444 e. The number of nitrogens with zero attached hydrogens (tertiary/aromatic N) is 2. The third-order valence-corrected chi connectivity index (χ3v) is 3.99. The lowest BCUT2D eigenvalue weighted by Gasteiger charge is -2.32. The summed E-state index contributed by atoms with van der Waals surface area (Å²) in [5.74, 6) is 0.424. The van der Waals surface area contributed by atoms with E-state index in [0.717, 1.165) is 18.5 Å². The molecule has 0 aliphatic heterocycles. The maximum absolute atomic E-state index is 11.8. The lowest BCUT2D eigenvalue weighted by atomic mass is 9.84. The van der Waals surface area contributed by atoms with Crippen molar-refractivity contribution in [3.63, 3.8) is 0 Å². The molecule has 0 bridgehead atoms. The first-order valence-electron chi connectivity index (χ1n) is 8.41. The van der Waals surface area contributed by atoms with Crippen LogP contribution in [0.2, 0.25) is 0 Å². The molecule has 128 valence electrons. The van der Waals surface area contributed by atoms with Crippen LogP contribution in [0.25, 0.3) is 0 Å². The van der Waals surface area contributed by atoms with Crippen molar-refractivity contribution in [3.8, 4) is 0 Å². The zero-order valence-corrected chi connectivity index (χ0v) is 14.3. The van der Waals surface area contributed by atoms with Gasteiger partial charge in [0.2, 0.25) is 0 Å². The zero-order chi connectivity index (χ0) is 16.7. The maximum Gasteiger partial charge on any atom is 0.407 e. The van der Waals surface area contributed by atoms with Crippen LogP contribution in [-0.4, -0.2) is 34.5 Å². The third kappa shape index (κ3) is 6.52. The molecule has 1 amide bonds. The molecule has 0 saturated heterocycles. The summed E-state index contributed by atoms with van der Waals surface area (Å²) >= 11 is 0. The third-order valence-electron chi connectivity index (χ3n) is 3.99. The number of hydrogen-bond donors (Lipinski definition) is 2. The van der Waals surface area contributed by atoms with E-state index in [9.17, 15) is 4.79 Å². The molecule has 2 atom stereocenters. The molecule has 2 N–H and O–H groups in total. The number of ether oxygens (including phenoxy) is 1. The number of carbonyl (C=O) groups is 1. The van der Waals surface area contributed by atoms with Crippen LogP contribution < -0.4 is 10.6 Å². The molecule has 6 heteroatoms. The summed E-state index contributed by atoms with van der Waals surface area (Å²) in [5, 5.41) is 14.5. The number of carbonyl (C=O) groups excluding carboxylic acids is 1. The van der Waals surface area contributed by atoms with E-state index < -0.39 is 5.60 Å². The van der Waals surface area contributed by atoms with Crippen molar-refractivity contribution < 1.29 is 9.53 Å². The van der Waals surface area contributed by atoms with E-state index in [1.165, 1.54) is 12.8 Å². The topological polar surface area (TPSA) is 76.1 Å². The van der Waals surface area contributed by atoms with Gasteiger partial charge in [0.1, 0.15) is 5.60 Å². The van der Waals surface area contributed by atoms with E-state index in [1.807, 2.05) is 32.9 Å². The van der Waals surface area contributed by atoms with Gasteiger partial charge in [-0.15, -0.1) is 0 Å². The van der Waals surface area contributed by atoms with Crippen LogP contribution in [0, 0.1) is 5.92 Å². The van der Waals surface area contributed by atoms with E-state index in [-0.39, 0.29) is 6.09 Å². The highest BCUT2D eigenvalue weighted by Gasteiger charge is 2.26. The Hall–Kier alpha value is -1.69. The monoisotopic (exact) mass is 320 g/mol. The van der Waals surface area contributed by atoms with Crippen molar-refractivity contribution in [2.75, 3.05) is 6.54 Å². The van der Waals surface area contributed by atoms with Crippen molar-refractivity contribution in [1.29, 1.82) is 0 Å². The summed E-state index contributed by atoms with van der Waals surface area (Å²) < 4.78 is 5.30. The van der Waals surface area contributed by atoms with Crippen LogP contribution in [0.5, 0.6) is 0 Å². The Balaban J connectivity index is 1.80. The Bertz CT molecular complexity index is 487. The Morgan fingerprint density at radius 2 is 2.13 bits per heavy atom. The van der Waals surface area contributed by atoms with Gasteiger partial charge < -0.3 is 15.4 Å². The van der Waals surface area contributed by atoms with E-state index in [0.29, 0.717) is 25.0 Å². The Kier molecular flexibility index (Phi) is 6.33. The van der Waals surface area contributed by atoms with Crippen LogP contribution in [0.15, 0.2) is 18.3 Å². The van der Waals surface area contributed by atoms with Crippen molar-refractivity contribution in [1.82, 2.24) is 20.8 Å². The quantitative estimate of drug-likeness (QED) is 0.872. The molecule has 0 spiro atoms. The second-order valence-electron chi connectivity index (χ2n) is 7.13. The number of alkyl carbamates (subject to hydrolysis) is 1. The van der Waals surface area contributed by atoms with E-state index >= 15 is 0 Å². The molecule has 2 unspecified atom stereocenters. The lowest BCUT2D eigenvalue weighted by molar-refractivity contribution is 0.0510. The van der Waals surface area contributed by atoms with E-state index in [2.05, 4.69) is 20.8 Å². The minimum absolute atomic E-state index is 0.337. The van der Waals surface area contributed by atoms with Gasteiger partial charge in [-0.05, 0) is 51.7 Å². The van der Waals surface area contributed by atoms with Gasteiger partial charge in [-0.3, -0.25) is 0 Å². The smallest absolute Gasteiger partial charge is 0.407 e. The number of amides is 1. The Morgan fingerprint density at radius 1 is 1.35 bits per heavy atom. The van der Waals surface area contributed by atoms with Gasteiger partial charge in [-0.1, -0.05) is 12.8 Å². The van der Waals surface area contributed by atoms with Gasteiger partial charge in [-0.2, -0.15) is 10.2 Å². The minimum atomic E-state index is -0.458. The average molecular weight is 320 g/mol. The predicted octanol–water partition coefficient (Wildman–Crippen LogP) is 2.65. The molecule has 1 aromatic heterocycles. The molecule has 6 nitrogen and oxygen atoms in total. The second-order valence-corrected chi connectivity index (χ2v) is 7.13. The first-order chi connectivity index (χ1) is 10.9. The first kappa shape index (κ1) is 17.7. The molecular weight excluding hydrogens is 292 g/mol. The van der Waals surface area contributed by atoms with E-state index in [4.69, 9.17) is 4.74 Å². The highest BCUT2D eigenvalue weighted by Crippen LogP contribution is 2.24. The maximum atomic E-state index is 11.8. The summed E-state index contributed by atoms with van der Waals surface area (Å²) in [7, 11) is 0. The van der Waals surface area contributed by atoms with Crippen LogP contribution in [0.1, 0.15) is 52.1 Å². The van der Waals surface area contributed by atoms with E-state index in [1.54, 1.807) is 6.20 Å². The van der Waals surface area contributed by atoms with Gasteiger partial charge in [-0.25, -0.2) is 4.79 Å². The van der Waals surface area contributed by atoms with Crippen molar-refractivity contribution >= 4 is 6.09 Å². The summed E-state index contributed by atoms with van der Waals surface area (Å²) in [6, 6.07) is 4.25. The highest BCUT2D eigenvalue weighted by atomic mass is 16.6. The average Bonchev–Trinajstić information content (AvgIpc) is 2.51. The highest BCUT2D eigenvalue weighted by molar-refractivity contribution is 5.67. The molecular formula is C17H28N4O2. The Morgan fingerprint density at radius 3 is 2.83 bits per heavy atom. The SMILES string of the molecule is CC(C)(C)OC(=O)NCC1CCCCC1NCc1cccnn1. The number of hydrogen-bond acceptors (Lipinski definition) is 5. The molecule has 23 heavy (non-hydrogen) atoms. The van der Waals surface area contributed by atoms with Crippen molar-refractivity contribution in [2.24, 2.45) is 5.92 Å².